The van der Waals surface area contributed by atoms with Gasteiger partial charge >= 0.3 is 0 Å². The zero-order valence-electron chi connectivity index (χ0n) is 11.4. The van der Waals surface area contributed by atoms with E-state index < -0.39 is 0 Å². The zero-order chi connectivity index (χ0) is 13.7. The molecule has 0 atom stereocenters. The van der Waals surface area contributed by atoms with Crippen LogP contribution >= 0.6 is 0 Å². The third kappa shape index (κ3) is 3.91. The minimum atomic E-state index is 0.798. The highest BCUT2D eigenvalue weighted by atomic mass is 16.5. The van der Waals surface area contributed by atoms with E-state index in [1.807, 2.05) is 31.2 Å². The molecule has 3 nitrogen and oxygen atoms in total. The van der Waals surface area contributed by atoms with Gasteiger partial charge in [0.15, 0.2) is 0 Å². The van der Waals surface area contributed by atoms with E-state index in [0.29, 0.717) is 0 Å². The Labute approximate surface area is 114 Å². The van der Waals surface area contributed by atoms with E-state index in [-0.39, 0.29) is 0 Å². The van der Waals surface area contributed by atoms with Crippen molar-refractivity contribution in [1.29, 1.82) is 0 Å². The van der Waals surface area contributed by atoms with E-state index in [2.05, 4.69) is 23.5 Å². The number of nitrogen functional groups attached to an aromatic ring is 1. The fourth-order valence-electron chi connectivity index (χ4n) is 2.06. The van der Waals surface area contributed by atoms with Crippen LogP contribution in [0, 0.1) is 6.92 Å². The molecule has 100 valence electrons. The Balaban J connectivity index is 1.88. The molecule has 19 heavy (non-hydrogen) atoms. The second kappa shape index (κ2) is 6.14. The van der Waals surface area contributed by atoms with Crippen LogP contribution in [0.2, 0.25) is 0 Å². The number of nitrogens with one attached hydrogen (secondary N) is 1. The lowest BCUT2D eigenvalue weighted by Gasteiger charge is -2.09. The van der Waals surface area contributed by atoms with Gasteiger partial charge in [0.25, 0.3) is 0 Å². The van der Waals surface area contributed by atoms with Gasteiger partial charge in [-0.15, -0.1) is 0 Å². The third-order valence-electron chi connectivity index (χ3n) is 3.00. The maximum absolute atomic E-state index is 5.82. The van der Waals surface area contributed by atoms with E-state index >= 15 is 0 Å². The Hall–Kier alpha value is -2.16. The van der Waals surface area contributed by atoms with Crippen LogP contribution < -0.4 is 15.8 Å². The third-order valence-corrected chi connectivity index (χ3v) is 3.00. The molecule has 0 saturated heterocycles. The second-order valence-electron chi connectivity index (χ2n) is 4.66. The maximum Gasteiger partial charge on any atom is 0.118 e. The van der Waals surface area contributed by atoms with Gasteiger partial charge in [0, 0.05) is 17.9 Å². The number of methoxy groups -OCH3 is 1. The van der Waals surface area contributed by atoms with E-state index in [1.54, 1.807) is 7.11 Å². The number of anilines is 2. The quantitative estimate of drug-likeness (QED) is 0.807. The van der Waals surface area contributed by atoms with Crippen molar-refractivity contribution in [3.8, 4) is 5.75 Å². The van der Waals surface area contributed by atoms with Gasteiger partial charge in [-0.2, -0.15) is 0 Å². The molecule has 0 aliphatic heterocycles. The molecule has 2 aromatic carbocycles. The molecule has 0 aromatic heterocycles. The van der Waals surface area contributed by atoms with Crippen molar-refractivity contribution in [2.24, 2.45) is 0 Å². The van der Waals surface area contributed by atoms with E-state index in [1.165, 1.54) is 11.1 Å². The fourth-order valence-corrected chi connectivity index (χ4v) is 2.06. The molecular weight excluding hydrogens is 236 g/mol. The summed E-state index contributed by atoms with van der Waals surface area (Å²) in [6.07, 6.45) is 0.970. The molecule has 2 rings (SSSR count). The summed E-state index contributed by atoms with van der Waals surface area (Å²) in [5, 5.41) is 3.39. The van der Waals surface area contributed by atoms with Crippen molar-refractivity contribution >= 4 is 11.4 Å². The van der Waals surface area contributed by atoms with Gasteiger partial charge in [-0.25, -0.2) is 0 Å². The lowest BCUT2D eigenvalue weighted by atomic mass is 10.1. The number of ether oxygens (including phenoxy) is 1. The lowest BCUT2D eigenvalue weighted by Crippen LogP contribution is -2.05. The molecule has 0 heterocycles. The normalized spacial score (nSPS) is 10.2. The highest BCUT2D eigenvalue weighted by molar-refractivity contribution is 5.56. The van der Waals surface area contributed by atoms with Gasteiger partial charge in [-0.05, 0) is 54.8 Å². The summed E-state index contributed by atoms with van der Waals surface area (Å²) in [5.74, 6) is 0.892. The van der Waals surface area contributed by atoms with E-state index in [0.717, 1.165) is 30.1 Å². The first-order chi connectivity index (χ1) is 9.17. The van der Waals surface area contributed by atoms with Crippen LogP contribution in [0.5, 0.6) is 5.75 Å². The van der Waals surface area contributed by atoms with Crippen molar-refractivity contribution in [2.45, 2.75) is 13.3 Å². The topological polar surface area (TPSA) is 47.3 Å². The van der Waals surface area contributed by atoms with Crippen molar-refractivity contribution < 1.29 is 4.74 Å². The van der Waals surface area contributed by atoms with Crippen LogP contribution in [0.25, 0.3) is 0 Å². The second-order valence-corrected chi connectivity index (χ2v) is 4.66. The Kier molecular flexibility index (Phi) is 4.29. The molecule has 0 saturated carbocycles. The van der Waals surface area contributed by atoms with Crippen LogP contribution in [0.3, 0.4) is 0 Å². The highest BCUT2D eigenvalue weighted by Crippen LogP contribution is 2.16. The number of aryl methyl sites for hydroxylation is 1. The highest BCUT2D eigenvalue weighted by Gasteiger charge is 1.97. The van der Waals surface area contributed by atoms with Crippen molar-refractivity contribution in [3.05, 3.63) is 53.6 Å². The predicted molar refractivity (Wildman–Crippen MR) is 80.8 cm³/mol. The minimum Gasteiger partial charge on any atom is -0.497 e. The molecule has 0 spiro atoms. The standard InChI is InChI=1S/C16H20N2O/c1-12-9-14(17)11-15(10-12)18-8-7-13-3-5-16(19-2)6-4-13/h3-6,9-11,18H,7-8,17H2,1-2H3. The number of rotatable bonds is 5. The predicted octanol–water partition coefficient (Wildman–Crippen LogP) is 3.24. The van der Waals surface area contributed by atoms with Crippen LogP contribution in [-0.2, 0) is 6.42 Å². The molecular formula is C16H20N2O. The average Bonchev–Trinajstić information content (AvgIpc) is 2.38. The molecule has 0 aliphatic rings. The Morgan fingerprint density at radius 1 is 1.11 bits per heavy atom. The monoisotopic (exact) mass is 256 g/mol. The molecule has 0 amide bonds. The summed E-state index contributed by atoms with van der Waals surface area (Å²) in [4.78, 5) is 0. The molecule has 0 unspecified atom stereocenters. The molecule has 0 fully saturated rings. The summed E-state index contributed by atoms with van der Waals surface area (Å²) in [6, 6.07) is 14.2. The van der Waals surface area contributed by atoms with Gasteiger partial charge in [-0.1, -0.05) is 12.1 Å². The van der Waals surface area contributed by atoms with Crippen molar-refractivity contribution in [1.82, 2.24) is 0 Å². The molecule has 3 N–H and O–H groups in total. The molecule has 0 aliphatic carbocycles. The number of nitrogens with two attached hydrogens (primary N) is 1. The lowest BCUT2D eigenvalue weighted by molar-refractivity contribution is 0.414. The smallest absolute Gasteiger partial charge is 0.118 e. The van der Waals surface area contributed by atoms with Gasteiger partial charge in [0.2, 0.25) is 0 Å². The van der Waals surface area contributed by atoms with E-state index in [4.69, 9.17) is 10.5 Å². The van der Waals surface area contributed by atoms with Crippen molar-refractivity contribution in [2.75, 3.05) is 24.7 Å². The van der Waals surface area contributed by atoms with Crippen LogP contribution in [-0.4, -0.2) is 13.7 Å². The first kappa shape index (κ1) is 13.3. The van der Waals surface area contributed by atoms with Gasteiger partial charge in [0.05, 0.1) is 7.11 Å². The summed E-state index contributed by atoms with van der Waals surface area (Å²) in [6.45, 7) is 2.93. The van der Waals surface area contributed by atoms with Crippen LogP contribution in [0.1, 0.15) is 11.1 Å². The molecule has 2 aromatic rings. The molecule has 0 radical (unpaired) electrons. The Morgan fingerprint density at radius 2 is 1.84 bits per heavy atom. The van der Waals surface area contributed by atoms with Gasteiger partial charge in [0.1, 0.15) is 5.75 Å². The first-order valence-corrected chi connectivity index (χ1v) is 6.41. The van der Waals surface area contributed by atoms with Crippen molar-refractivity contribution in [3.63, 3.8) is 0 Å². The number of hydrogen-bond acceptors (Lipinski definition) is 3. The fraction of sp³-hybridized carbons (Fsp3) is 0.250. The number of benzene rings is 2. The SMILES string of the molecule is COc1ccc(CCNc2cc(C)cc(N)c2)cc1. The molecule has 3 heteroatoms. The zero-order valence-corrected chi connectivity index (χ0v) is 11.4. The van der Waals surface area contributed by atoms with E-state index in [9.17, 15) is 0 Å². The Bertz CT molecular complexity index is 515. The minimum absolute atomic E-state index is 0.798. The first-order valence-electron chi connectivity index (χ1n) is 6.41. The summed E-state index contributed by atoms with van der Waals surface area (Å²) in [7, 11) is 1.68. The number of hydrogen-bond donors (Lipinski definition) is 2. The average molecular weight is 256 g/mol. The Morgan fingerprint density at radius 3 is 2.47 bits per heavy atom. The van der Waals surface area contributed by atoms with Gasteiger partial charge < -0.3 is 15.8 Å². The van der Waals surface area contributed by atoms with Crippen LogP contribution in [0.15, 0.2) is 42.5 Å². The van der Waals surface area contributed by atoms with Crippen LogP contribution in [0.4, 0.5) is 11.4 Å². The molecule has 0 bridgehead atoms. The summed E-state index contributed by atoms with van der Waals surface area (Å²) in [5.41, 5.74) is 10.2. The maximum atomic E-state index is 5.82. The van der Waals surface area contributed by atoms with Gasteiger partial charge in [-0.3, -0.25) is 0 Å². The summed E-state index contributed by atoms with van der Waals surface area (Å²) < 4.78 is 5.14. The largest absolute Gasteiger partial charge is 0.497 e. The summed E-state index contributed by atoms with van der Waals surface area (Å²) >= 11 is 0.